The Morgan fingerprint density at radius 2 is 1.45 bits per heavy atom. The van der Waals surface area contributed by atoms with Gasteiger partial charge in [0.1, 0.15) is 18.4 Å². The first-order valence-corrected chi connectivity index (χ1v) is 13.8. The van der Waals surface area contributed by atoms with Crippen molar-refractivity contribution in [1.82, 2.24) is 10.2 Å². The summed E-state index contributed by atoms with van der Waals surface area (Å²) >= 11 is 0. The number of carbonyl (C=O) groups excluding carboxylic acids is 2. The molecule has 0 heterocycles. The molecule has 0 fully saturated rings. The molecule has 1 unspecified atom stereocenters. The molecule has 2 amide bonds. The lowest BCUT2D eigenvalue weighted by atomic mass is 10.1. The van der Waals surface area contributed by atoms with Crippen LogP contribution in [0.1, 0.15) is 39.7 Å². The van der Waals surface area contributed by atoms with Gasteiger partial charge >= 0.3 is 0 Å². The van der Waals surface area contributed by atoms with E-state index < -0.39 is 39.9 Å². The van der Waals surface area contributed by atoms with Crippen LogP contribution in [0.3, 0.4) is 0 Å². The van der Waals surface area contributed by atoms with Crippen LogP contribution in [-0.4, -0.2) is 43.3 Å². The maximum absolute atomic E-state index is 13.9. The molecule has 0 spiro atoms. The minimum Gasteiger partial charge on any atom is -0.350 e. The summed E-state index contributed by atoms with van der Waals surface area (Å²) in [5, 5.41) is 2.92. The van der Waals surface area contributed by atoms with E-state index in [4.69, 9.17) is 0 Å². The smallest absolute Gasteiger partial charge is 0.264 e. The molecule has 0 bridgehead atoms. The molecule has 0 saturated carbocycles. The number of para-hydroxylation sites is 1. The summed E-state index contributed by atoms with van der Waals surface area (Å²) < 4.78 is 42.0. The summed E-state index contributed by atoms with van der Waals surface area (Å²) in [4.78, 5) is 28.6. The van der Waals surface area contributed by atoms with Crippen LogP contribution in [0, 0.1) is 5.82 Å². The third-order valence-corrected chi connectivity index (χ3v) is 7.59. The van der Waals surface area contributed by atoms with Crippen LogP contribution in [-0.2, 0) is 26.2 Å². The summed E-state index contributed by atoms with van der Waals surface area (Å²) in [6.45, 7) is 6.78. The van der Waals surface area contributed by atoms with Crippen molar-refractivity contribution in [3.8, 4) is 0 Å². The molecule has 7 nitrogen and oxygen atoms in total. The van der Waals surface area contributed by atoms with Crippen LogP contribution >= 0.6 is 0 Å². The summed E-state index contributed by atoms with van der Waals surface area (Å²) in [5.74, 6) is -1.34. The zero-order valence-electron chi connectivity index (χ0n) is 22.1. The molecule has 0 aliphatic heterocycles. The summed E-state index contributed by atoms with van der Waals surface area (Å²) in [6.07, 6.45) is 0.297. The van der Waals surface area contributed by atoms with E-state index in [0.29, 0.717) is 17.7 Å². The minimum atomic E-state index is -4.11. The van der Waals surface area contributed by atoms with Gasteiger partial charge in [-0.05, 0) is 69.2 Å². The molecule has 9 heteroatoms. The molecule has 1 atom stereocenters. The quantitative estimate of drug-likeness (QED) is 0.403. The molecular formula is C29H34FN3O4S. The van der Waals surface area contributed by atoms with Crippen molar-refractivity contribution in [2.45, 2.75) is 57.1 Å². The van der Waals surface area contributed by atoms with Crippen LogP contribution in [0.25, 0.3) is 0 Å². The van der Waals surface area contributed by atoms with Crippen LogP contribution in [0.5, 0.6) is 0 Å². The molecule has 202 valence electrons. The number of hydrogen-bond donors (Lipinski definition) is 1. The highest BCUT2D eigenvalue weighted by Crippen LogP contribution is 2.24. The van der Waals surface area contributed by atoms with Crippen molar-refractivity contribution in [1.29, 1.82) is 0 Å². The van der Waals surface area contributed by atoms with E-state index in [1.54, 1.807) is 67.6 Å². The monoisotopic (exact) mass is 539 g/mol. The Hall–Kier alpha value is -3.72. The summed E-state index contributed by atoms with van der Waals surface area (Å²) in [7, 11) is -4.11. The second kappa shape index (κ2) is 12.2. The third-order valence-electron chi connectivity index (χ3n) is 5.80. The van der Waals surface area contributed by atoms with E-state index in [2.05, 4.69) is 5.32 Å². The lowest BCUT2D eigenvalue weighted by Crippen LogP contribution is -2.55. The Balaban J connectivity index is 2.03. The fourth-order valence-corrected chi connectivity index (χ4v) is 5.44. The average molecular weight is 540 g/mol. The lowest BCUT2D eigenvalue weighted by Gasteiger charge is -2.34. The molecule has 0 radical (unpaired) electrons. The number of rotatable bonds is 10. The van der Waals surface area contributed by atoms with Gasteiger partial charge in [0.25, 0.3) is 10.0 Å². The van der Waals surface area contributed by atoms with Gasteiger partial charge in [-0.3, -0.25) is 13.9 Å². The molecule has 0 aliphatic rings. The average Bonchev–Trinajstić information content (AvgIpc) is 2.88. The van der Waals surface area contributed by atoms with Gasteiger partial charge in [0, 0.05) is 12.1 Å². The van der Waals surface area contributed by atoms with Crippen molar-refractivity contribution < 1.29 is 22.4 Å². The number of amides is 2. The molecule has 38 heavy (non-hydrogen) atoms. The zero-order valence-corrected chi connectivity index (χ0v) is 22.9. The lowest BCUT2D eigenvalue weighted by molar-refractivity contribution is -0.141. The van der Waals surface area contributed by atoms with Gasteiger partial charge < -0.3 is 10.2 Å². The summed E-state index contributed by atoms with van der Waals surface area (Å²) in [5.41, 5.74) is 0.388. The topological polar surface area (TPSA) is 86.8 Å². The van der Waals surface area contributed by atoms with Gasteiger partial charge in [0.05, 0.1) is 10.6 Å². The van der Waals surface area contributed by atoms with Crippen LogP contribution in [0.2, 0.25) is 0 Å². The highest BCUT2D eigenvalue weighted by atomic mass is 32.2. The number of halogens is 1. The SMILES string of the molecule is CCC(C(=O)NC(C)(C)C)N(Cc1ccc(F)cc1)C(=O)CN(c1ccccc1)S(=O)(=O)c1ccccc1. The Morgan fingerprint density at radius 1 is 0.895 bits per heavy atom. The molecule has 0 aromatic heterocycles. The number of carbonyl (C=O) groups is 2. The molecule has 0 saturated heterocycles. The van der Waals surface area contributed by atoms with Crippen LogP contribution in [0.15, 0.2) is 89.8 Å². The van der Waals surface area contributed by atoms with E-state index in [1.807, 2.05) is 20.8 Å². The highest BCUT2D eigenvalue weighted by molar-refractivity contribution is 7.92. The number of anilines is 1. The highest BCUT2D eigenvalue weighted by Gasteiger charge is 2.34. The fourth-order valence-electron chi connectivity index (χ4n) is 4.00. The normalized spacial score (nSPS) is 12.4. The molecule has 0 aliphatic carbocycles. The second-order valence-corrected chi connectivity index (χ2v) is 11.8. The minimum absolute atomic E-state index is 0.00317. The molecule has 3 rings (SSSR count). The van der Waals surface area contributed by atoms with Gasteiger partial charge in [0.15, 0.2) is 0 Å². The van der Waals surface area contributed by atoms with Crippen molar-refractivity contribution in [3.05, 3.63) is 96.3 Å². The molecular weight excluding hydrogens is 505 g/mol. The molecule has 1 N–H and O–H groups in total. The first-order valence-electron chi connectivity index (χ1n) is 12.4. The van der Waals surface area contributed by atoms with E-state index in [-0.39, 0.29) is 17.3 Å². The van der Waals surface area contributed by atoms with Crippen molar-refractivity contribution in [2.75, 3.05) is 10.8 Å². The van der Waals surface area contributed by atoms with E-state index in [9.17, 15) is 22.4 Å². The Kier molecular flexibility index (Phi) is 9.27. The predicted molar refractivity (Wildman–Crippen MR) is 146 cm³/mol. The van der Waals surface area contributed by atoms with Crippen LogP contribution < -0.4 is 9.62 Å². The van der Waals surface area contributed by atoms with Gasteiger partial charge in [-0.15, -0.1) is 0 Å². The number of benzene rings is 3. The predicted octanol–water partition coefficient (Wildman–Crippen LogP) is 4.74. The number of nitrogens with one attached hydrogen (secondary N) is 1. The maximum atomic E-state index is 13.9. The molecule has 3 aromatic carbocycles. The fraction of sp³-hybridized carbons (Fsp3) is 0.310. The molecule has 3 aromatic rings. The Bertz CT molecular complexity index is 1330. The largest absolute Gasteiger partial charge is 0.350 e. The third kappa shape index (κ3) is 7.41. The number of nitrogens with zero attached hydrogens (tertiary/aromatic N) is 2. The first kappa shape index (κ1) is 28.8. The van der Waals surface area contributed by atoms with E-state index >= 15 is 0 Å². The summed E-state index contributed by atoms with van der Waals surface area (Å²) in [6, 6.07) is 21.0. The second-order valence-electron chi connectivity index (χ2n) is 9.97. The van der Waals surface area contributed by atoms with E-state index in [0.717, 1.165) is 4.31 Å². The Labute approximate surface area is 224 Å². The standard InChI is InChI=1S/C29H34FN3O4S/c1-5-26(28(35)31-29(2,3)4)32(20-22-16-18-23(30)19-17-22)27(34)21-33(24-12-8-6-9-13-24)38(36,37)25-14-10-7-11-15-25/h6-19,26H,5,20-21H2,1-4H3,(H,31,35). The van der Waals surface area contributed by atoms with Gasteiger partial charge in [0.2, 0.25) is 11.8 Å². The van der Waals surface area contributed by atoms with Gasteiger partial charge in [-0.1, -0.05) is 55.5 Å². The first-order chi connectivity index (χ1) is 17.9. The van der Waals surface area contributed by atoms with E-state index in [1.165, 1.54) is 29.2 Å². The van der Waals surface area contributed by atoms with Crippen molar-refractivity contribution >= 4 is 27.5 Å². The van der Waals surface area contributed by atoms with Gasteiger partial charge in [-0.2, -0.15) is 0 Å². The number of hydrogen-bond acceptors (Lipinski definition) is 4. The number of sulfonamides is 1. The Morgan fingerprint density at radius 3 is 1.97 bits per heavy atom. The zero-order chi connectivity index (χ0) is 27.9. The van der Waals surface area contributed by atoms with Crippen molar-refractivity contribution in [3.63, 3.8) is 0 Å². The van der Waals surface area contributed by atoms with Crippen molar-refractivity contribution in [2.24, 2.45) is 0 Å². The maximum Gasteiger partial charge on any atom is 0.264 e. The van der Waals surface area contributed by atoms with Gasteiger partial charge in [-0.25, -0.2) is 12.8 Å². The van der Waals surface area contributed by atoms with Crippen LogP contribution in [0.4, 0.5) is 10.1 Å².